The van der Waals surface area contributed by atoms with E-state index in [9.17, 15) is 19.7 Å². The normalized spacial score (nSPS) is 12.6. The molecule has 0 saturated heterocycles. The summed E-state index contributed by atoms with van der Waals surface area (Å²) in [7, 11) is 0. The molecule has 1 N–H and O–H groups in total. The van der Waals surface area contributed by atoms with Gasteiger partial charge in [0.15, 0.2) is 0 Å². The summed E-state index contributed by atoms with van der Waals surface area (Å²) in [5.41, 5.74) is 3.65. The third-order valence-corrected chi connectivity index (χ3v) is 4.50. The molecule has 0 aromatic heterocycles. The lowest BCUT2D eigenvalue weighted by Gasteiger charge is -2.26. The largest absolute Gasteiger partial charge is 0.476 e. The van der Waals surface area contributed by atoms with Crippen LogP contribution < -0.4 is 5.32 Å². The van der Waals surface area contributed by atoms with Crippen molar-refractivity contribution < 1.29 is 14.5 Å². The van der Waals surface area contributed by atoms with E-state index in [1.807, 2.05) is 55.3 Å². The molecule has 2 amide bonds. The van der Waals surface area contributed by atoms with Crippen molar-refractivity contribution in [3.8, 4) is 0 Å². The van der Waals surface area contributed by atoms with Crippen LogP contribution in [0, 0.1) is 16.0 Å². The highest BCUT2D eigenvalue weighted by Gasteiger charge is 2.21. The number of benzene rings is 2. The van der Waals surface area contributed by atoms with Gasteiger partial charge in [-0.05, 0) is 47.0 Å². The van der Waals surface area contributed by atoms with Gasteiger partial charge in [-0.1, -0.05) is 32.0 Å². The fraction of sp³-hybridized carbons (Fsp3) is 0.238. The maximum Gasteiger partial charge on any atom is 0.476 e. The minimum absolute atomic E-state index is 0.0352. The fourth-order valence-electron chi connectivity index (χ4n) is 2.98. The fourth-order valence-corrected chi connectivity index (χ4v) is 2.98. The average molecular weight is 379 g/mol. The smallest absolute Gasteiger partial charge is 0.369 e. The van der Waals surface area contributed by atoms with Crippen molar-refractivity contribution >= 4 is 23.6 Å². The lowest BCUT2D eigenvalue weighted by molar-refractivity contribution is -0.375. The number of carbonyl (C=O) groups is 2. The molecule has 1 aliphatic rings. The third-order valence-electron chi connectivity index (χ3n) is 4.50. The zero-order valence-electron chi connectivity index (χ0n) is 15.7. The molecule has 7 nitrogen and oxygen atoms in total. The first-order valence-electron chi connectivity index (χ1n) is 8.97. The highest BCUT2D eigenvalue weighted by Crippen LogP contribution is 2.23. The lowest BCUT2D eigenvalue weighted by atomic mass is 10.0. The highest BCUT2D eigenvalue weighted by molar-refractivity contribution is 5.92. The Morgan fingerprint density at radius 1 is 1.21 bits per heavy atom. The lowest BCUT2D eigenvalue weighted by Crippen LogP contribution is -2.21. The second-order valence-corrected chi connectivity index (χ2v) is 7.04. The molecule has 0 bridgehead atoms. The molecule has 28 heavy (non-hydrogen) atoms. The van der Waals surface area contributed by atoms with E-state index >= 15 is 0 Å². The first-order valence-corrected chi connectivity index (χ1v) is 8.97. The number of hydrogen-bond acceptors (Lipinski definition) is 5. The van der Waals surface area contributed by atoms with Crippen molar-refractivity contribution in [2.45, 2.75) is 26.9 Å². The predicted octanol–water partition coefficient (Wildman–Crippen LogP) is 3.68. The van der Waals surface area contributed by atoms with Crippen LogP contribution in [0.2, 0.25) is 0 Å². The number of hydrogen-bond donors (Lipinski definition) is 1. The van der Waals surface area contributed by atoms with E-state index in [-0.39, 0.29) is 17.4 Å². The number of nitrogens with one attached hydrogen (secondary N) is 1. The molecule has 0 fully saturated rings. The standard InChI is InChI=1S/C21H21N3O4/c1-14(2)20(25)22-19-5-3-4-15(10-19)12-23-9-8-16-6-7-17(11-18(16)13-23)21(26)24(27)28/h3-11,14H,12-13H2,1-2H3,(H,22,25). The molecule has 0 saturated carbocycles. The Morgan fingerprint density at radius 3 is 2.71 bits per heavy atom. The van der Waals surface area contributed by atoms with E-state index in [1.165, 1.54) is 6.07 Å². The SMILES string of the molecule is CC(C)C(=O)Nc1cccc(CN2C=Cc3ccc(C(=O)[N+](=O)[O-])cc3C2)c1. The first kappa shape index (κ1) is 19.3. The summed E-state index contributed by atoms with van der Waals surface area (Å²) in [6.07, 6.45) is 3.88. The minimum atomic E-state index is -1.10. The van der Waals surface area contributed by atoms with Gasteiger partial charge in [-0.3, -0.25) is 14.9 Å². The number of carbonyl (C=O) groups excluding carboxylic acids is 2. The molecule has 2 aromatic carbocycles. The summed E-state index contributed by atoms with van der Waals surface area (Å²) >= 11 is 0. The second kappa shape index (κ2) is 8.04. The third kappa shape index (κ3) is 4.43. The zero-order valence-corrected chi connectivity index (χ0v) is 15.7. The molecule has 0 atom stereocenters. The topological polar surface area (TPSA) is 92.6 Å². The van der Waals surface area contributed by atoms with E-state index in [4.69, 9.17) is 0 Å². The molecule has 7 heteroatoms. The van der Waals surface area contributed by atoms with Crippen molar-refractivity contribution in [1.82, 2.24) is 4.90 Å². The van der Waals surface area contributed by atoms with Crippen LogP contribution in [0.3, 0.4) is 0 Å². The van der Waals surface area contributed by atoms with Gasteiger partial charge >= 0.3 is 5.91 Å². The Balaban J connectivity index is 1.73. The number of nitrogens with zero attached hydrogens (tertiary/aromatic N) is 2. The Morgan fingerprint density at radius 2 is 2.00 bits per heavy atom. The number of fused-ring (bicyclic) bond motifs is 1. The van der Waals surface area contributed by atoms with Gasteiger partial charge in [0.25, 0.3) is 0 Å². The average Bonchev–Trinajstić information content (AvgIpc) is 2.67. The van der Waals surface area contributed by atoms with Gasteiger partial charge in [0, 0.05) is 30.9 Å². The van der Waals surface area contributed by atoms with Crippen LogP contribution in [0.1, 0.15) is 40.9 Å². The number of rotatable bonds is 5. The molecule has 1 heterocycles. The maximum absolute atomic E-state index is 11.9. The van der Waals surface area contributed by atoms with Crippen molar-refractivity contribution in [1.29, 1.82) is 0 Å². The van der Waals surface area contributed by atoms with Gasteiger partial charge in [-0.25, -0.2) is 4.79 Å². The Hall–Kier alpha value is -3.48. The summed E-state index contributed by atoms with van der Waals surface area (Å²) in [5, 5.41) is 13.6. The van der Waals surface area contributed by atoms with E-state index in [0.717, 1.165) is 22.4 Å². The summed E-state index contributed by atoms with van der Waals surface area (Å²) in [6.45, 7) is 4.82. The molecule has 144 valence electrons. The van der Waals surface area contributed by atoms with Gasteiger partial charge < -0.3 is 10.2 Å². The predicted molar refractivity (Wildman–Crippen MR) is 106 cm³/mol. The van der Waals surface area contributed by atoms with Crippen molar-refractivity contribution in [3.05, 3.63) is 81.0 Å². The summed E-state index contributed by atoms with van der Waals surface area (Å²) in [4.78, 5) is 35.4. The van der Waals surface area contributed by atoms with Crippen molar-refractivity contribution in [2.75, 3.05) is 5.32 Å². The number of amides is 2. The molecular formula is C21H21N3O4. The van der Waals surface area contributed by atoms with Crippen LogP contribution >= 0.6 is 0 Å². The van der Waals surface area contributed by atoms with Crippen LogP contribution in [0.5, 0.6) is 0 Å². The number of nitro groups is 1. The summed E-state index contributed by atoms with van der Waals surface area (Å²) in [6, 6.07) is 12.4. The highest BCUT2D eigenvalue weighted by atomic mass is 16.6. The second-order valence-electron chi connectivity index (χ2n) is 7.04. The molecule has 0 radical (unpaired) electrons. The molecule has 0 aliphatic carbocycles. The summed E-state index contributed by atoms with van der Waals surface area (Å²) < 4.78 is 0. The van der Waals surface area contributed by atoms with Crippen LogP contribution in [-0.2, 0) is 17.9 Å². The first-order chi connectivity index (χ1) is 13.3. The molecule has 2 aromatic rings. The van der Waals surface area contributed by atoms with Crippen LogP contribution in [0.4, 0.5) is 5.69 Å². The molecule has 0 unspecified atom stereocenters. The van der Waals surface area contributed by atoms with E-state index in [2.05, 4.69) is 5.32 Å². The van der Waals surface area contributed by atoms with Gasteiger partial charge in [-0.2, -0.15) is 0 Å². The van der Waals surface area contributed by atoms with Crippen LogP contribution in [0.25, 0.3) is 6.08 Å². The number of anilines is 1. The Kier molecular flexibility index (Phi) is 5.54. The van der Waals surface area contributed by atoms with Gasteiger partial charge in [-0.15, -0.1) is 0 Å². The molecule has 0 spiro atoms. The molecule has 3 rings (SSSR count). The Labute approximate surface area is 162 Å². The van der Waals surface area contributed by atoms with Crippen LogP contribution in [-0.4, -0.2) is 21.6 Å². The van der Waals surface area contributed by atoms with Gasteiger partial charge in [0.1, 0.15) is 4.92 Å². The van der Waals surface area contributed by atoms with E-state index in [0.29, 0.717) is 13.1 Å². The van der Waals surface area contributed by atoms with Gasteiger partial charge in [0.2, 0.25) is 5.91 Å². The maximum atomic E-state index is 11.9. The molecular weight excluding hydrogens is 358 g/mol. The van der Waals surface area contributed by atoms with E-state index < -0.39 is 10.8 Å². The monoisotopic (exact) mass is 379 g/mol. The molecule has 1 aliphatic heterocycles. The van der Waals surface area contributed by atoms with E-state index in [1.54, 1.807) is 12.1 Å². The quantitative estimate of drug-likeness (QED) is 0.632. The van der Waals surface area contributed by atoms with Crippen molar-refractivity contribution in [2.24, 2.45) is 5.92 Å². The summed E-state index contributed by atoms with van der Waals surface area (Å²) in [5.74, 6) is -1.23. The van der Waals surface area contributed by atoms with Crippen LogP contribution in [0.15, 0.2) is 48.7 Å². The zero-order chi connectivity index (χ0) is 20.3. The van der Waals surface area contributed by atoms with Gasteiger partial charge in [0.05, 0.1) is 5.56 Å². The Bertz CT molecular complexity index is 966. The minimum Gasteiger partial charge on any atom is -0.369 e. The van der Waals surface area contributed by atoms with Crippen molar-refractivity contribution in [3.63, 3.8) is 0 Å².